The highest BCUT2D eigenvalue weighted by Gasteiger charge is 2.42. The largest absolute Gasteiger partial charge is 0.449 e. The van der Waals surface area contributed by atoms with Crippen molar-refractivity contribution in [3.8, 4) is 11.1 Å². The first-order chi connectivity index (χ1) is 20.8. The fourth-order valence-electron chi connectivity index (χ4n) is 6.80. The number of fused-ring (bicyclic) bond motifs is 4. The minimum atomic E-state index is -0.932. The molecule has 2 aliphatic carbocycles. The quantitative estimate of drug-likeness (QED) is 0.355. The van der Waals surface area contributed by atoms with Crippen molar-refractivity contribution in [1.29, 1.82) is 0 Å². The number of alkyl carbamates (subject to hydrolysis) is 1. The summed E-state index contributed by atoms with van der Waals surface area (Å²) < 4.78 is 5.75. The zero-order valence-electron chi connectivity index (χ0n) is 24.4. The van der Waals surface area contributed by atoms with E-state index >= 15 is 0 Å². The number of carbonyl (C=O) groups is 3. The Hall–Kier alpha value is -4.43. The lowest BCUT2D eigenvalue weighted by Gasteiger charge is -2.30. The van der Waals surface area contributed by atoms with Crippen LogP contribution in [0.5, 0.6) is 0 Å². The second kappa shape index (κ2) is 12.1. The molecule has 1 heterocycles. The van der Waals surface area contributed by atoms with Crippen molar-refractivity contribution in [2.45, 2.75) is 62.7 Å². The summed E-state index contributed by atoms with van der Waals surface area (Å²) in [5.74, 6) is -0.695. The average Bonchev–Trinajstić information content (AvgIpc) is 3.58. The Morgan fingerprint density at radius 3 is 2.26 bits per heavy atom. The number of carbonyl (C=O) groups excluding carboxylic acids is 3. The molecule has 6 rings (SSSR count). The first kappa shape index (κ1) is 28.7. The topological polar surface area (TPSA) is 114 Å². The van der Waals surface area contributed by atoms with Gasteiger partial charge in [0.05, 0.1) is 12.1 Å². The van der Waals surface area contributed by atoms with Crippen LogP contribution in [0.25, 0.3) is 11.1 Å². The molecule has 3 aromatic rings. The van der Waals surface area contributed by atoms with Gasteiger partial charge in [-0.3, -0.25) is 9.59 Å². The molecule has 3 amide bonds. The van der Waals surface area contributed by atoms with Gasteiger partial charge in [0, 0.05) is 12.5 Å². The van der Waals surface area contributed by atoms with Gasteiger partial charge in [0.15, 0.2) is 0 Å². The number of ether oxygens (including phenoxy) is 1. The summed E-state index contributed by atoms with van der Waals surface area (Å²) >= 11 is 0. The number of benzene rings is 3. The van der Waals surface area contributed by atoms with E-state index in [0.29, 0.717) is 5.57 Å². The molecule has 0 aromatic heterocycles. The van der Waals surface area contributed by atoms with E-state index in [1.165, 1.54) is 10.5 Å². The fourth-order valence-corrected chi connectivity index (χ4v) is 6.80. The van der Waals surface area contributed by atoms with Crippen molar-refractivity contribution < 1.29 is 19.1 Å². The molecule has 1 aliphatic heterocycles. The van der Waals surface area contributed by atoms with Gasteiger partial charge in [-0.15, -0.1) is 0 Å². The molecule has 43 heavy (non-hydrogen) atoms. The van der Waals surface area contributed by atoms with Gasteiger partial charge >= 0.3 is 6.09 Å². The molecule has 0 saturated carbocycles. The van der Waals surface area contributed by atoms with Crippen LogP contribution in [0, 0.1) is 0 Å². The second-order valence-corrected chi connectivity index (χ2v) is 11.9. The maximum atomic E-state index is 13.7. The average molecular weight is 579 g/mol. The highest BCUT2D eigenvalue weighted by atomic mass is 16.5. The molecule has 0 radical (unpaired) electrons. The molecule has 3 aromatic carbocycles. The maximum absolute atomic E-state index is 13.7. The minimum Gasteiger partial charge on any atom is -0.449 e. The Kier molecular flexibility index (Phi) is 8.04. The predicted molar refractivity (Wildman–Crippen MR) is 165 cm³/mol. The van der Waals surface area contributed by atoms with Crippen molar-refractivity contribution in [1.82, 2.24) is 15.5 Å². The van der Waals surface area contributed by atoms with Crippen molar-refractivity contribution in [2.75, 3.05) is 13.2 Å². The number of rotatable bonds is 7. The Bertz CT molecular complexity index is 1520. The van der Waals surface area contributed by atoms with Gasteiger partial charge in [-0.25, -0.2) is 4.79 Å². The van der Waals surface area contributed by atoms with Crippen molar-refractivity contribution >= 4 is 17.9 Å². The predicted octanol–water partition coefficient (Wildman–Crippen LogP) is 4.59. The summed E-state index contributed by atoms with van der Waals surface area (Å²) in [5.41, 5.74) is 13.6. The lowest BCUT2D eigenvalue weighted by Crippen LogP contribution is -2.52. The van der Waals surface area contributed by atoms with Gasteiger partial charge in [-0.2, -0.15) is 0 Å². The monoisotopic (exact) mass is 578 g/mol. The summed E-state index contributed by atoms with van der Waals surface area (Å²) in [5, 5.41) is 6.09. The molecular weight excluding hydrogens is 540 g/mol. The zero-order valence-corrected chi connectivity index (χ0v) is 24.4. The van der Waals surface area contributed by atoms with Crippen LogP contribution >= 0.6 is 0 Å². The summed E-state index contributed by atoms with van der Waals surface area (Å²) in [6.07, 6.45) is 2.47. The zero-order chi connectivity index (χ0) is 30.1. The number of nitrogens with two attached hydrogens (primary N) is 1. The van der Waals surface area contributed by atoms with Crippen molar-refractivity contribution in [3.05, 3.63) is 107 Å². The molecule has 0 unspecified atom stereocenters. The number of amides is 3. The second-order valence-electron chi connectivity index (χ2n) is 11.9. The van der Waals surface area contributed by atoms with Gasteiger partial charge in [0.25, 0.3) is 0 Å². The molecule has 1 saturated heterocycles. The molecular formula is C35H38N4O4. The smallest absolute Gasteiger partial charge is 0.407 e. The molecule has 0 spiro atoms. The number of aryl methyl sites for hydroxylation is 1. The first-order valence-corrected chi connectivity index (χ1v) is 15.0. The third kappa shape index (κ3) is 5.67. The highest BCUT2D eigenvalue weighted by molar-refractivity contribution is 5.92. The van der Waals surface area contributed by atoms with Crippen LogP contribution < -0.4 is 16.4 Å². The minimum absolute atomic E-state index is 0.0646. The van der Waals surface area contributed by atoms with Gasteiger partial charge in [-0.1, -0.05) is 84.9 Å². The molecule has 8 nitrogen and oxygen atoms in total. The summed E-state index contributed by atoms with van der Waals surface area (Å²) in [7, 11) is 0. The van der Waals surface area contributed by atoms with Gasteiger partial charge in [0.2, 0.25) is 11.8 Å². The maximum Gasteiger partial charge on any atom is 0.407 e. The standard InChI is InChI=1S/C35H38N4O4/c1-21(2)32(36)34(41)39-19-23(18-31(39)33(40)38-30-17-9-11-22-10-3-4-12-24(22)30)37-35(42)43-20-29-27-15-7-5-13-25(27)26-14-6-8-16-28(26)29/h3-8,10,12-16,23,29-32H,1,9,11,17-20,36H2,2H3,(H,37,42)(H,38,40)/t23-,30+,31-,32-/m0/s1. The SMILES string of the molecule is C=C(C)[C@H](N)C(=O)N1C[C@@H](NC(=O)OCC2c3ccccc3-c3ccccc32)C[C@H]1C(=O)N[C@@H]1CCCc2ccccc21. The van der Waals surface area contributed by atoms with E-state index in [0.717, 1.165) is 47.1 Å². The van der Waals surface area contributed by atoms with Gasteiger partial charge in [-0.05, 0) is 66.0 Å². The van der Waals surface area contributed by atoms with Crippen LogP contribution in [0.1, 0.15) is 60.4 Å². The highest BCUT2D eigenvalue weighted by Crippen LogP contribution is 2.44. The van der Waals surface area contributed by atoms with E-state index in [4.69, 9.17) is 10.5 Å². The summed E-state index contributed by atoms with van der Waals surface area (Å²) in [4.78, 5) is 41.6. The van der Waals surface area contributed by atoms with Crippen LogP contribution in [0.3, 0.4) is 0 Å². The number of hydrogen-bond donors (Lipinski definition) is 3. The van der Waals surface area contributed by atoms with Crippen LogP contribution in [0.15, 0.2) is 84.9 Å². The Morgan fingerprint density at radius 1 is 0.953 bits per heavy atom. The molecule has 3 aliphatic rings. The van der Waals surface area contributed by atoms with E-state index < -0.39 is 24.2 Å². The number of hydrogen-bond acceptors (Lipinski definition) is 5. The number of nitrogens with zero attached hydrogens (tertiary/aromatic N) is 1. The molecule has 1 fully saturated rings. The number of nitrogens with one attached hydrogen (secondary N) is 2. The Morgan fingerprint density at radius 2 is 1.58 bits per heavy atom. The van der Waals surface area contributed by atoms with Crippen LogP contribution in [0.2, 0.25) is 0 Å². The molecule has 4 atom stereocenters. The third-order valence-electron chi connectivity index (χ3n) is 9.04. The van der Waals surface area contributed by atoms with E-state index in [1.807, 2.05) is 36.4 Å². The van der Waals surface area contributed by atoms with Crippen LogP contribution in [0.4, 0.5) is 4.79 Å². The molecule has 8 heteroatoms. The lowest BCUT2D eigenvalue weighted by atomic mass is 9.87. The fraction of sp³-hybridized carbons (Fsp3) is 0.343. The molecule has 4 N–H and O–H groups in total. The Labute approximate surface area is 252 Å². The van der Waals surface area contributed by atoms with Crippen LogP contribution in [-0.4, -0.2) is 54.1 Å². The third-order valence-corrected chi connectivity index (χ3v) is 9.04. The first-order valence-electron chi connectivity index (χ1n) is 15.0. The van der Waals surface area contributed by atoms with Gasteiger partial charge in [0.1, 0.15) is 18.7 Å². The Balaban J connectivity index is 1.13. The lowest BCUT2D eigenvalue weighted by molar-refractivity contribution is -0.139. The number of likely N-dealkylation sites (tertiary alicyclic amines) is 1. The molecule has 222 valence electrons. The van der Waals surface area contributed by atoms with Gasteiger partial charge < -0.3 is 26.0 Å². The summed E-state index contributed by atoms with van der Waals surface area (Å²) in [6, 6.07) is 22.2. The van der Waals surface area contributed by atoms with E-state index in [1.54, 1.807) is 6.92 Å². The van der Waals surface area contributed by atoms with Crippen molar-refractivity contribution in [2.24, 2.45) is 5.73 Å². The van der Waals surface area contributed by atoms with E-state index in [9.17, 15) is 14.4 Å². The normalized spacial score (nSPS) is 21.3. The van der Waals surface area contributed by atoms with Crippen molar-refractivity contribution in [3.63, 3.8) is 0 Å². The summed E-state index contributed by atoms with van der Waals surface area (Å²) in [6.45, 7) is 5.87. The van der Waals surface area contributed by atoms with Crippen LogP contribution in [-0.2, 0) is 20.7 Å². The van der Waals surface area contributed by atoms with E-state index in [2.05, 4.69) is 53.6 Å². The van der Waals surface area contributed by atoms with E-state index in [-0.39, 0.29) is 43.3 Å². The molecule has 0 bridgehead atoms.